The quantitative estimate of drug-likeness (QED) is 0.388. The number of nitrogens with one attached hydrogen (secondary N) is 1. The Morgan fingerprint density at radius 3 is 2.33 bits per heavy atom. The van der Waals surface area contributed by atoms with Gasteiger partial charge in [-0.1, -0.05) is 0 Å². The Bertz CT molecular complexity index is 195. The van der Waals surface area contributed by atoms with E-state index >= 15 is 0 Å². The number of aliphatic hydroxyl groups is 2. The maximum Gasteiger partial charge on any atom is 0.193 e. The van der Waals surface area contributed by atoms with Crippen LogP contribution in [0.3, 0.4) is 0 Å². The Balaban J connectivity index is 2.85. The molecule has 0 saturated heterocycles. The Morgan fingerprint density at radius 2 is 2.11 bits per heavy atom. The summed E-state index contributed by atoms with van der Waals surface area (Å²) in [4.78, 5) is 2.55. The average Bonchev–Trinajstić information content (AvgIpc) is 2.14. The summed E-state index contributed by atoms with van der Waals surface area (Å²) in [6, 6.07) is 3.08. The fourth-order valence-corrected chi connectivity index (χ4v) is 0.580. The van der Waals surface area contributed by atoms with Crippen molar-refractivity contribution in [2.45, 2.75) is 6.29 Å². The van der Waals surface area contributed by atoms with Crippen LogP contribution in [0.5, 0.6) is 0 Å². The van der Waals surface area contributed by atoms with Crippen LogP contribution in [0.4, 0.5) is 5.82 Å². The first kappa shape index (κ1) is 6.12. The van der Waals surface area contributed by atoms with Crippen LogP contribution in [0.25, 0.3) is 0 Å². The van der Waals surface area contributed by atoms with E-state index in [2.05, 4.69) is 4.98 Å². The normalized spacial score (nSPS) is 10.6. The average molecular weight is 128 g/mol. The molecule has 0 unspecified atom stereocenters. The molecule has 0 bridgehead atoms. The number of anilines is 1. The molecule has 0 saturated carbocycles. The van der Waals surface area contributed by atoms with Crippen molar-refractivity contribution < 1.29 is 10.2 Å². The first-order chi connectivity index (χ1) is 4.20. The first-order valence-electron chi connectivity index (χ1n) is 2.50. The van der Waals surface area contributed by atoms with E-state index in [9.17, 15) is 0 Å². The molecule has 0 aliphatic carbocycles. The van der Waals surface area contributed by atoms with Gasteiger partial charge in [0, 0.05) is 0 Å². The fraction of sp³-hybridized carbons (Fsp3) is 0.200. The van der Waals surface area contributed by atoms with Crippen LogP contribution in [-0.4, -0.2) is 15.2 Å². The van der Waals surface area contributed by atoms with Gasteiger partial charge < -0.3 is 20.9 Å². The monoisotopic (exact) mass is 128 g/mol. The molecule has 4 heteroatoms. The summed E-state index contributed by atoms with van der Waals surface area (Å²) in [6.07, 6.45) is -1.46. The number of nitrogen functional groups attached to an aromatic ring is 1. The summed E-state index contributed by atoms with van der Waals surface area (Å²) in [5, 5.41) is 17.0. The van der Waals surface area contributed by atoms with Crippen LogP contribution in [0.1, 0.15) is 12.0 Å². The molecule has 0 aromatic carbocycles. The summed E-state index contributed by atoms with van der Waals surface area (Å²) in [5.74, 6) is 0.429. The largest absolute Gasteiger partial charge is 0.385 e. The third-order valence-corrected chi connectivity index (χ3v) is 1.01. The van der Waals surface area contributed by atoms with Gasteiger partial charge in [0.1, 0.15) is 5.82 Å². The minimum absolute atomic E-state index is 0.313. The van der Waals surface area contributed by atoms with E-state index in [0.717, 1.165) is 0 Å². The van der Waals surface area contributed by atoms with Crippen LogP contribution in [0.2, 0.25) is 0 Å². The lowest BCUT2D eigenvalue weighted by Gasteiger charge is -1.96. The zero-order chi connectivity index (χ0) is 6.85. The number of aromatic nitrogens is 1. The van der Waals surface area contributed by atoms with Gasteiger partial charge in [-0.2, -0.15) is 0 Å². The van der Waals surface area contributed by atoms with Crippen molar-refractivity contribution in [2.24, 2.45) is 0 Å². The fourth-order valence-electron chi connectivity index (χ4n) is 0.580. The van der Waals surface area contributed by atoms with Crippen LogP contribution < -0.4 is 5.73 Å². The van der Waals surface area contributed by atoms with Crippen molar-refractivity contribution in [3.63, 3.8) is 0 Å². The highest BCUT2D eigenvalue weighted by Gasteiger charge is 2.01. The molecule has 1 aromatic rings. The lowest BCUT2D eigenvalue weighted by Crippen LogP contribution is -1.94. The number of hydrogen-bond acceptors (Lipinski definition) is 3. The van der Waals surface area contributed by atoms with Crippen LogP contribution in [-0.2, 0) is 0 Å². The summed E-state index contributed by atoms with van der Waals surface area (Å²) in [5.41, 5.74) is 5.55. The summed E-state index contributed by atoms with van der Waals surface area (Å²) < 4.78 is 0. The number of H-pyrrole nitrogens is 1. The van der Waals surface area contributed by atoms with E-state index < -0.39 is 6.29 Å². The van der Waals surface area contributed by atoms with Crippen molar-refractivity contribution >= 4 is 5.82 Å². The Kier molecular flexibility index (Phi) is 1.42. The first-order valence-corrected chi connectivity index (χ1v) is 2.50. The number of hydrogen-bond donors (Lipinski definition) is 4. The number of rotatable bonds is 1. The van der Waals surface area contributed by atoms with Gasteiger partial charge in [-0.05, 0) is 12.1 Å². The lowest BCUT2D eigenvalue weighted by atomic mass is 10.4. The summed E-state index contributed by atoms with van der Waals surface area (Å²) in [7, 11) is 0. The molecule has 0 spiro atoms. The zero-order valence-corrected chi connectivity index (χ0v) is 4.70. The van der Waals surface area contributed by atoms with Crippen LogP contribution >= 0.6 is 0 Å². The SMILES string of the molecule is Nc1ccc(C(O)O)[nH]1. The molecule has 0 radical (unpaired) electrons. The Labute approximate surface area is 51.9 Å². The summed E-state index contributed by atoms with van der Waals surface area (Å²) in [6.45, 7) is 0. The van der Waals surface area contributed by atoms with Crippen LogP contribution in [0.15, 0.2) is 12.1 Å². The Hall–Kier alpha value is -1.00. The van der Waals surface area contributed by atoms with Crippen molar-refractivity contribution in [1.82, 2.24) is 4.98 Å². The van der Waals surface area contributed by atoms with E-state index in [0.29, 0.717) is 11.5 Å². The number of aliphatic hydroxyl groups excluding tert-OH is 1. The van der Waals surface area contributed by atoms with E-state index in [1.165, 1.54) is 6.07 Å². The molecule has 1 aromatic heterocycles. The lowest BCUT2D eigenvalue weighted by molar-refractivity contribution is -0.0453. The van der Waals surface area contributed by atoms with E-state index in [-0.39, 0.29) is 0 Å². The van der Waals surface area contributed by atoms with Gasteiger partial charge in [-0.3, -0.25) is 0 Å². The van der Waals surface area contributed by atoms with Crippen molar-refractivity contribution in [3.05, 3.63) is 17.8 Å². The van der Waals surface area contributed by atoms with Crippen LogP contribution in [0, 0.1) is 0 Å². The molecule has 1 rings (SSSR count). The van der Waals surface area contributed by atoms with Gasteiger partial charge in [-0.25, -0.2) is 0 Å². The zero-order valence-electron chi connectivity index (χ0n) is 4.70. The highest BCUT2D eigenvalue weighted by Crippen LogP contribution is 2.09. The highest BCUT2D eigenvalue weighted by atomic mass is 16.5. The molecule has 0 atom stereocenters. The molecule has 0 fully saturated rings. The third kappa shape index (κ3) is 1.22. The van der Waals surface area contributed by atoms with Gasteiger partial charge in [0.2, 0.25) is 0 Å². The second-order valence-corrected chi connectivity index (χ2v) is 1.74. The topological polar surface area (TPSA) is 82.3 Å². The van der Waals surface area contributed by atoms with Gasteiger partial charge in [0.05, 0.1) is 5.69 Å². The van der Waals surface area contributed by atoms with Gasteiger partial charge in [0.15, 0.2) is 6.29 Å². The van der Waals surface area contributed by atoms with E-state index in [1.807, 2.05) is 0 Å². The Morgan fingerprint density at radius 1 is 1.44 bits per heavy atom. The second-order valence-electron chi connectivity index (χ2n) is 1.74. The highest BCUT2D eigenvalue weighted by molar-refractivity contribution is 5.31. The molecular formula is C5H8N2O2. The predicted octanol–water partition coefficient (Wildman–Crippen LogP) is -0.420. The standard InChI is InChI=1S/C5H8N2O2/c6-4-2-1-3(7-4)5(8)9/h1-2,5,7-9H,6H2. The molecule has 9 heavy (non-hydrogen) atoms. The van der Waals surface area contributed by atoms with E-state index in [1.54, 1.807) is 6.07 Å². The van der Waals surface area contributed by atoms with Crippen molar-refractivity contribution in [1.29, 1.82) is 0 Å². The summed E-state index contributed by atoms with van der Waals surface area (Å²) >= 11 is 0. The number of nitrogens with two attached hydrogens (primary N) is 1. The molecule has 0 aliphatic rings. The third-order valence-electron chi connectivity index (χ3n) is 1.01. The predicted molar refractivity (Wildman–Crippen MR) is 32.4 cm³/mol. The minimum atomic E-state index is -1.46. The molecule has 0 amide bonds. The number of aromatic amines is 1. The molecule has 1 heterocycles. The second kappa shape index (κ2) is 2.08. The van der Waals surface area contributed by atoms with Crippen molar-refractivity contribution in [3.8, 4) is 0 Å². The van der Waals surface area contributed by atoms with Gasteiger partial charge >= 0.3 is 0 Å². The smallest absolute Gasteiger partial charge is 0.193 e. The van der Waals surface area contributed by atoms with Gasteiger partial charge in [0.25, 0.3) is 0 Å². The molecule has 4 nitrogen and oxygen atoms in total. The molecule has 50 valence electrons. The van der Waals surface area contributed by atoms with Gasteiger partial charge in [-0.15, -0.1) is 0 Å². The molecular weight excluding hydrogens is 120 g/mol. The maximum atomic E-state index is 8.51. The molecule has 5 N–H and O–H groups in total. The van der Waals surface area contributed by atoms with E-state index in [4.69, 9.17) is 15.9 Å². The maximum absolute atomic E-state index is 8.51. The minimum Gasteiger partial charge on any atom is -0.385 e. The van der Waals surface area contributed by atoms with Crippen molar-refractivity contribution in [2.75, 3.05) is 5.73 Å². The molecule has 0 aliphatic heterocycles.